The van der Waals surface area contributed by atoms with Crippen molar-refractivity contribution in [2.75, 3.05) is 6.61 Å². The predicted octanol–water partition coefficient (Wildman–Crippen LogP) is -3.64. The summed E-state index contributed by atoms with van der Waals surface area (Å²) in [5.74, 6) is -6.34. The fourth-order valence-electron chi connectivity index (χ4n) is 2.06. The van der Waals surface area contributed by atoms with Crippen LogP contribution >= 0.6 is 0 Å². The van der Waals surface area contributed by atoms with Gasteiger partial charge in [0, 0.05) is 0 Å². The number of carbonyl (C=O) groups excluding carboxylic acids is 3. The van der Waals surface area contributed by atoms with Crippen LogP contribution in [0.5, 0.6) is 0 Å². The second kappa shape index (κ2) is 11.9. The van der Waals surface area contributed by atoms with Gasteiger partial charge in [0.05, 0.1) is 25.2 Å². The molecule has 0 aliphatic heterocycles. The molecule has 0 rings (SSSR count). The van der Waals surface area contributed by atoms with Crippen molar-refractivity contribution in [2.45, 2.75) is 57.5 Å². The highest BCUT2D eigenvalue weighted by Crippen LogP contribution is 2.03. The maximum absolute atomic E-state index is 12.4. The second-order valence-electron chi connectivity index (χ2n) is 6.74. The van der Waals surface area contributed by atoms with Crippen molar-refractivity contribution in [3.8, 4) is 0 Å². The lowest BCUT2D eigenvalue weighted by molar-refractivity contribution is -0.144. The van der Waals surface area contributed by atoms with Gasteiger partial charge in [-0.2, -0.15) is 0 Å². The summed E-state index contributed by atoms with van der Waals surface area (Å²) >= 11 is 0. The number of aliphatic carboxylic acids is 2. The van der Waals surface area contributed by atoms with Crippen molar-refractivity contribution in [3.63, 3.8) is 0 Å². The number of nitrogens with two attached hydrogens (primary N) is 1. The lowest BCUT2D eigenvalue weighted by atomic mass is 10.0. The molecule has 0 aromatic carbocycles. The van der Waals surface area contributed by atoms with Crippen LogP contribution in [-0.2, 0) is 24.0 Å². The van der Waals surface area contributed by atoms with Crippen LogP contribution in [0.15, 0.2) is 0 Å². The van der Waals surface area contributed by atoms with Crippen LogP contribution < -0.4 is 21.7 Å². The van der Waals surface area contributed by atoms with E-state index in [2.05, 4.69) is 5.32 Å². The summed E-state index contributed by atoms with van der Waals surface area (Å²) in [6.45, 7) is 3.54. The normalized spacial score (nSPS) is 16.1. The molecule has 0 saturated carbocycles. The molecule has 0 aliphatic rings. The fraction of sp³-hybridized carbons (Fsp3) is 0.688. The SMILES string of the molecule is CC(C)C(N)C(=O)NC(C(=O)NC(CC(=O)O)C(=O)NC(CO)C(=O)O)C(C)O. The van der Waals surface area contributed by atoms with E-state index < -0.39 is 73.0 Å². The van der Waals surface area contributed by atoms with E-state index >= 15 is 0 Å². The number of aliphatic hydroxyl groups excluding tert-OH is 2. The number of nitrogens with one attached hydrogen (secondary N) is 3. The number of aliphatic hydroxyl groups is 2. The zero-order chi connectivity index (χ0) is 22.9. The van der Waals surface area contributed by atoms with Crippen LogP contribution in [0, 0.1) is 5.92 Å². The van der Waals surface area contributed by atoms with Gasteiger partial charge in [-0.1, -0.05) is 13.8 Å². The van der Waals surface area contributed by atoms with Crippen molar-refractivity contribution in [3.05, 3.63) is 0 Å². The van der Waals surface area contributed by atoms with E-state index in [-0.39, 0.29) is 5.92 Å². The van der Waals surface area contributed by atoms with E-state index in [1.807, 2.05) is 10.6 Å². The third-order valence-corrected chi connectivity index (χ3v) is 3.89. The molecule has 0 aliphatic carbocycles. The fourth-order valence-corrected chi connectivity index (χ4v) is 2.06. The first-order valence-corrected chi connectivity index (χ1v) is 8.72. The molecule has 3 amide bonds. The summed E-state index contributed by atoms with van der Waals surface area (Å²) < 4.78 is 0. The quantitative estimate of drug-likeness (QED) is 0.154. The molecule has 9 N–H and O–H groups in total. The lowest BCUT2D eigenvalue weighted by Gasteiger charge is -2.26. The Morgan fingerprint density at radius 2 is 1.38 bits per heavy atom. The van der Waals surface area contributed by atoms with Crippen molar-refractivity contribution in [1.29, 1.82) is 0 Å². The third kappa shape index (κ3) is 8.85. The Kier molecular flexibility index (Phi) is 10.8. The van der Waals surface area contributed by atoms with Gasteiger partial charge in [0.25, 0.3) is 0 Å². The maximum Gasteiger partial charge on any atom is 0.328 e. The molecule has 0 spiro atoms. The zero-order valence-electron chi connectivity index (χ0n) is 16.3. The lowest BCUT2D eigenvalue weighted by Crippen LogP contribution is -2.60. The second-order valence-corrected chi connectivity index (χ2v) is 6.74. The molecule has 166 valence electrons. The third-order valence-electron chi connectivity index (χ3n) is 3.89. The van der Waals surface area contributed by atoms with E-state index in [9.17, 15) is 29.1 Å². The Hall–Kier alpha value is -2.77. The van der Waals surface area contributed by atoms with Gasteiger partial charge in [-0.15, -0.1) is 0 Å². The number of carboxylic acids is 2. The Labute approximate surface area is 166 Å². The van der Waals surface area contributed by atoms with E-state index in [1.165, 1.54) is 6.92 Å². The van der Waals surface area contributed by atoms with Gasteiger partial charge >= 0.3 is 11.9 Å². The number of hydrogen-bond acceptors (Lipinski definition) is 8. The summed E-state index contributed by atoms with van der Waals surface area (Å²) in [6.07, 6.45) is -2.34. The molecule has 0 saturated heterocycles. The minimum absolute atomic E-state index is 0.273. The number of hydrogen-bond donors (Lipinski definition) is 8. The number of amides is 3. The van der Waals surface area contributed by atoms with Crippen LogP contribution in [-0.4, -0.2) is 87.0 Å². The molecule has 0 bridgehead atoms. The Morgan fingerprint density at radius 3 is 1.76 bits per heavy atom. The number of rotatable bonds is 12. The number of carboxylic acid groups (broad SMARTS) is 2. The highest BCUT2D eigenvalue weighted by atomic mass is 16.4. The smallest absolute Gasteiger partial charge is 0.328 e. The Bertz CT molecular complexity index is 624. The molecule has 5 atom stereocenters. The van der Waals surface area contributed by atoms with Crippen LogP contribution in [0.3, 0.4) is 0 Å². The predicted molar refractivity (Wildman–Crippen MR) is 97.3 cm³/mol. The molecular formula is C16H28N4O9. The maximum atomic E-state index is 12.4. The first-order valence-electron chi connectivity index (χ1n) is 8.72. The first kappa shape index (κ1) is 26.2. The highest BCUT2D eigenvalue weighted by molar-refractivity contribution is 5.95. The van der Waals surface area contributed by atoms with Crippen molar-refractivity contribution in [2.24, 2.45) is 11.7 Å². The monoisotopic (exact) mass is 420 g/mol. The van der Waals surface area contributed by atoms with Gasteiger partial charge in [-0.25, -0.2) is 4.79 Å². The first-order chi connectivity index (χ1) is 13.3. The van der Waals surface area contributed by atoms with Gasteiger partial charge in [-0.3, -0.25) is 19.2 Å². The molecule has 29 heavy (non-hydrogen) atoms. The molecule has 5 unspecified atom stereocenters. The molecule has 0 heterocycles. The Morgan fingerprint density at radius 1 is 0.862 bits per heavy atom. The molecule has 0 aromatic rings. The average molecular weight is 420 g/mol. The van der Waals surface area contributed by atoms with Gasteiger partial charge < -0.3 is 42.1 Å². The van der Waals surface area contributed by atoms with E-state index in [0.29, 0.717) is 0 Å². The van der Waals surface area contributed by atoms with Gasteiger partial charge in [0.2, 0.25) is 17.7 Å². The van der Waals surface area contributed by atoms with Crippen LogP contribution in [0.25, 0.3) is 0 Å². The van der Waals surface area contributed by atoms with Crippen LogP contribution in [0.2, 0.25) is 0 Å². The summed E-state index contributed by atoms with van der Waals surface area (Å²) in [5.41, 5.74) is 5.68. The van der Waals surface area contributed by atoms with Crippen molar-refractivity contribution in [1.82, 2.24) is 16.0 Å². The minimum atomic E-state index is -1.73. The molecule has 13 nitrogen and oxygen atoms in total. The summed E-state index contributed by atoms with van der Waals surface area (Å²) in [6, 6.07) is -5.98. The van der Waals surface area contributed by atoms with E-state index in [0.717, 1.165) is 0 Å². The number of carbonyl (C=O) groups is 5. The van der Waals surface area contributed by atoms with E-state index in [1.54, 1.807) is 13.8 Å². The van der Waals surface area contributed by atoms with Crippen molar-refractivity contribution >= 4 is 29.7 Å². The largest absolute Gasteiger partial charge is 0.481 e. The summed E-state index contributed by atoms with van der Waals surface area (Å²) in [5, 5.41) is 42.7. The van der Waals surface area contributed by atoms with Crippen LogP contribution in [0.4, 0.5) is 0 Å². The molecular weight excluding hydrogens is 392 g/mol. The standard InChI is InChI=1S/C16H28N4O9/c1-6(2)11(17)14(26)20-12(7(3)22)15(27)18-8(4-10(23)24)13(25)19-9(5-21)16(28)29/h6-9,11-12,21-22H,4-5,17H2,1-3H3,(H,18,27)(H,19,25)(H,20,26)(H,23,24)(H,28,29). The van der Waals surface area contributed by atoms with Gasteiger partial charge in [0.15, 0.2) is 0 Å². The average Bonchev–Trinajstić information content (AvgIpc) is 2.61. The summed E-state index contributed by atoms with van der Waals surface area (Å²) in [7, 11) is 0. The van der Waals surface area contributed by atoms with Gasteiger partial charge in [0.1, 0.15) is 18.1 Å². The van der Waals surface area contributed by atoms with Gasteiger partial charge in [-0.05, 0) is 12.8 Å². The molecule has 0 fully saturated rings. The van der Waals surface area contributed by atoms with Crippen LogP contribution in [0.1, 0.15) is 27.2 Å². The summed E-state index contributed by atoms with van der Waals surface area (Å²) in [4.78, 5) is 58.6. The molecule has 0 aromatic heterocycles. The topological polar surface area (TPSA) is 228 Å². The zero-order valence-corrected chi connectivity index (χ0v) is 16.3. The molecule has 0 radical (unpaired) electrons. The minimum Gasteiger partial charge on any atom is -0.481 e. The molecule has 13 heteroatoms. The van der Waals surface area contributed by atoms with E-state index in [4.69, 9.17) is 21.1 Å². The highest BCUT2D eigenvalue weighted by Gasteiger charge is 2.33. The van der Waals surface area contributed by atoms with Crippen molar-refractivity contribution < 1.29 is 44.4 Å². The Balaban J connectivity index is 5.38.